The highest BCUT2D eigenvalue weighted by Crippen LogP contribution is 2.29. The molecule has 0 spiro atoms. The summed E-state index contributed by atoms with van der Waals surface area (Å²) in [6, 6.07) is 9.92. The standard InChI is InChI=1S/C14H20ClNO/c15-14-8-4-5-12(14)11-16-9-10-17-13-6-2-1-3-7-13/h1-3,6-7,12,14,16H,4-5,8-11H2. The van der Waals surface area contributed by atoms with E-state index in [1.54, 1.807) is 0 Å². The number of halogens is 1. The normalized spacial score (nSPS) is 23.8. The number of rotatable bonds is 6. The first-order valence-electron chi connectivity index (χ1n) is 6.39. The zero-order valence-corrected chi connectivity index (χ0v) is 10.8. The van der Waals surface area contributed by atoms with Crippen molar-refractivity contribution in [1.29, 1.82) is 0 Å². The predicted molar refractivity (Wildman–Crippen MR) is 71.8 cm³/mol. The van der Waals surface area contributed by atoms with E-state index >= 15 is 0 Å². The van der Waals surface area contributed by atoms with Gasteiger partial charge in [-0.05, 0) is 37.4 Å². The Morgan fingerprint density at radius 1 is 1.24 bits per heavy atom. The Morgan fingerprint density at radius 2 is 2.06 bits per heavy atom. The molecular weight excluding hydrogens is 234 g/mol. The van der Waals surface area contributed by atoms with Crippen LogP contribution in [-0.4, -0.2) is 25.1 Å². The Kier molecular flexibility index (Phi) is 5.14. The van der Waals surface area contributed by atoms with Gasteiger partial charge in [-0.1, -0.05) is 24.6 Å². The van der Waals surface area contributed by atoms with Gasteiger partial charge in [-0.15, -0.1) is 11.6 Å². The van der Waals surface area contributed by atoms with Crippen molar-refractivity contribution in [3.63, 3.8) is 0 Å². The van der Waals surface area contributed by atoms with E-state index in [4.69, 9.17) is 16.3 Å². The van der Waals surface area contributed by atoms with E-state index in [1.165, 1.54) is 19.3 Å². The molecule has 2 atom stereocenters. The lowest BCUT2D eigenvalue weighted by Crippen LogP contribution is -2.29. The van der Waals surface area contributed by atoms with Gasteiger partial charge >= 0.3 is 0 Å². The van der Waals surface area contributed by atoms with Crippen LogP contribution in [0.5, 0.6) is 5.75 Å². The molecule has 0 saturated heterocycles. The smallest absolute Gasteiger partial charge is 0.119 e. The van der Waals surface area contributed by atoms with Crippen molar-refractivity contribution >= 4 is 11.6 Å². The van der Waals surface area contributed by atoms with Crippen molar-refractivity contribution in [2.75, 3.05) is 19.7 Å². The van der Waals surface area contributed by atoms with Gasteiger partial charge in [-0.3, -0.25) is 0 Å². The van der Waals surface area contributed by atoms with Crippen LogP contribution in [0.25, 0.3) is 0 Å². The van der Waals surface area contributed by atoms with Crippen LogP contribution in [0.15, 0.2) is 30.3 Å². The summed E-state index contributed by atoms with van der Waals surface area (Å²) in [4.78, 5) is 0. The lowest BCUT2D eigenvalue weighted by molar-refractivity contribution is 0.309. The van der Waals surface area contributed by atoms with Crippen molar-refractivity contribution in [1.82, 2.24) is 5.32 Å². The highest BCUT2D eigenvalue weighted by molar-refractivity contribution is 6.20. The summed E-state index contributed by atoms with van der Waals surface area (Å²) in [5.74, 6) is 1.58. The van der Waals surface area contributed by atoms with E-state index in [0.717, 1.165) is 18.8 Å². The summed E-state index contributed by atoms with van der Waals surface area (Å²) in [5.41, 5.74) is 0. The van der Waals surface area contributed by atoms with Gasteiger partial charge in [-0.2, -0.15) is 0 Å². The summed E-state index contributed by atoms with van der Waals surface area (Å²) in [7, 11) is 0. The van der Waals surface area contributed by atoms with Gasteiger partial charge in [0, 0.05) is 11.9 Å². The Morgan fingerprint density at radius 3 is 2.76 bits per heavy atom. The minimum absolute atomic E-state index is 0.373. The van der Waals surface area contributed by atoms with E-state index in [-0.39, 0.29) is 0 Å². The number of ether oxygens (including phenoxy) is 1. The molecule has 2 rings (SSSR count). The molecule has 0 bridgehead atoms. The third kappa shape index (κ3) is 4.21. The molecule has 0 aliphatic heterocycles. The SMILES string of the molecule is ClC1CCCC1CNCCOc1ccccc1. The average Bonchev–Trinajstić information content (AvgIpc) is 2.76. The van der Waals surface area contributed by atoms with Crippen molar-refractivity contribution in [2.45, 2.75) is 24.6 Å². The topological polar surface area (TPSA) is 21.3 Å². The molecule has 0 amide bonds. The van der Waals surface area contributed by atoms with Crippen molar-refractivity contribution in [3.8, 4) is 5.75 Å². The fourth-order valence-electron chi connectivity index (χ4n) is 2.27. The summed E-state index contributed by atoms with van der Waals surface area (Å²) in [6.07, 6.45) is 3.72. The lowest BCUT2D eigenvalue weighted by atomic mass is 10.1. The molecule has 1 aliphatic rings. The third-order valence-corrected chi connectivity index (χ3v) is 3.84. The van der Waals surface area contributed by atoms with E-state index in [0.29, 0.717) is 17.9 Å². The quantitative estimate of drug-likeness (QED) is 0.622. The molecule has 17 heavy (non-hydrogen) atoms. The molecule has 1 saturated carbocycles. The van der Waals surface area contributed by atoms with Gasteiger partial charge < -0.3 is 10.1 Å². The second kappa shape index (κ2) is 6.87. The molecule has 0 radical (unpaired) electrons. The van der Waals surface area contributed by atoms with Crippen LogP contribution in [0.1, 0.15) is 19.3 Å². The van der Waals surface area contributed by atoms with Crippen molar-refractivity contribution in [2.24, 2.45) is 5.92 Å². The van der Waals surface area contributed by atoms with E-state index in [2.05, 4.69) is 5.32 Å². The maximum Gasteiger partial charge on any atom is 0.119 e. The minimum Gasteiger partial charge on any atom is -0.492 e. The number of para-hydroxylation sites is 1. The van der Waals surface area contributed by atoms with Gasteiger partial charge in [-0.25, -0.2) is 0 Å². The van der Waals surface area contributed by atoms with Crippen molar-refractivity contribution < 1.29 is 4.74 Å². The van der Waals surface area contributed by atoms with E-state index in [9.17, 15) is 0 Å². The summed E-state index contributed by atoms with van der Waals surface area (Å²) < 4.78 is 5.60. The van der Waals surface area contributed by atoms with E-state index < -0.39 is 0 Å². The van der Waals surface area contributed by atoms with Gasteiger partial charge in [0.1, 0.15) is 12.4 Å². The van der Waals surface area contributed by atoms with Crippen LogP contribution in [-0.2, 0) is 0 Å². The first-order chi connectivity index (χ1) is 8.36. The zero-order chi connectivity index (χ0) is 11.9. The van der Waals surface area contributed by atoms with Crippen LogP contribution in [0.3, 0.4) is 0 Å². The molecule has 0 heterocycles. The second-order valence-electron chi connectivity index (χ2n) is 4.57. The predicted octanol–water partition coefficient (Wildman–Crippen LogP) is 3.06. The molecule has 1 aromatic rings. The maximum atomic E-state index is 6.22. The molecule has 1 aliphatic carbocycles. The maximum absolute atomic E-state index is 6.22. The van der Waals surface area contributed by atoms with Crippen LogP contribution in [0.4, 0.5) is 0 Å². The van der Waals surface area contributed by atoms with Crippen LogP contribution >= 0.6 is 11.6 Å². The lowest BCUT2D eigenvalue weighted by Gasteiger charge is -2.14. The first kappa shape index (κ1) is 12.7. The summed E-state index contributed by atoms with van der Waals surface area (Å²) in [5, 5.41) is 3.79. The number of alkyl halides is 1. The molecule has 3 heteroatoms. The monoisotopic (exact) mass is 253 g/mol. The summed E-state index contributed by atoms with van der Waals surface area (Å²) >= 11 is 6.22. The first-order valence-corrected chi connectivity index (χ1v) is 6.82. The van der Waals surface area contributed by atoms with Gasteiger partial charge in [0.2, 0.25) is 0 Å². The van der Waals surface area contributed by atoms with Crippen LogP contribution < -0.4 is 10.1 Å². The average molecular weight is 254 g/mol. The Labute approximate surface area is 108 Å². The molecule has 1 aromatic carbocycles. The van der Waals surface area contributed by atoms with Gasteiger partial charge in [0.15, 0.2) is 0 Å². The molecule has 2 nitrogen and oxygen atoms in total. The Bertz CT molecular complexity index is 317. The second-order valence-corrected chi connectivity index (χ2v) is 5.13. The minimum atomic E-state index is 0.373. The third-order valence-electron chi connectivity index (χ3n) is 3.26. The summed E-state index contributed by atoms with van der Waals surface area (Å²) in [6.45, 7) is 2.62. The van der Waals surface area contributed by atoms with Crippen LogP contribution in [0, 0.1) is 5.92 Å². The zero-order valence-electron chi connectivity index (χ0n) is 10.1. The largest absolute Gasteiger partial charge is 0.492 e. The number of hydrogen-bond acceptors (Lipinski definition) is 2. The van der Waals surface area contributed by atoms with Crippen molar-refractivity contribution in [3.05, 3.63) is 30.3 Å². The molecule has 2 unspecified atom stereocenters. The Balaban J connectivity index is 1.55. The molecular formula is C14H20ClNO. The highest BCUT2D eigenvalue weighted by atomic mass is 35.5. The molecule has 0 aromatic heterocycles. The molecule has 1 N–H and O–H groups in total. The number of nitrogens with one attached hydrogen (secondary N) is 1. The fraction of sp³-hybridized carbons (Fsp3) is 0.571. The highest BCUT2D eigenvalue weighted by Gasteiger charge is 2.24. The van der Waals surface area contributed by atoms with Gasteiger partial charge in [0.25, 0.3) is 0 Å². The Hall–Kier alpha value is -0.730. The van der Waals surface area contributed by atoms with Gasteiger partial charge in [0.05, 0.1) is 0 Å². The van der Waals surface area contributed by atoms with Crippen LogP contribution in [0.2, 0.25) is 0 Å². The molecule has 1 fully saturated rings. The number of benzene rings is 1. The fourth-order valence-corrected chi connectivity index (χ4v) is 2.64. The van der Waals surface area contributed by atoms with E-state index in [1.807, 2.05) is 30.3 Å². The number of hydrogen-bond donors (Lipinski definition) is 1. The molecule has 94 valence electrons.